The number of carbonyl (C=O) groups excluding carboxylic acids is 1. The van der Waals surface area contributed by atoms with E-state index < -0.39 is 0 Å². The van der Waals surface area contributed by atoms with Gasteiger partial charge in [-0.3, -0.25) is 9.89 Å². The molecule has 0 aliphatic carbocycles. The van der Waals surface area contributed by atoms with Crippen LogP contribution < -0.4 is 11.1 Å². The van der Waals surface area contributed by atoms with Gasteiger partial charge in [-0.1, -0.05) is 6.92 Å². The highest BCUT2D eigenvalue weighted by atomic mass is 16.2. The number of unbranched alkanes of at least 4 members (excludes halogenated alkanes) is 1. The summed E-state index contributed by atoms with van der Waals surface area (Å²) >= 11 is 0. The van der Waals surface area contributed by atoms with Crippen LogP contribution in [-0.2, 0) is 6.42 Å². The van der Waals surface area contributed by atoms with Crippen LogP contribution in [0.25, 0.3) is 0 Å². The molecule has 84 valence electrons. The van der Waals surface area contributed by atoms with Gasteiger partial charge >= 0.3 is 0 Å². The maximum Gasteiger partial charge on any atom is 0.290 e. The Morgan fingerprint density at radius 2 is 2.33 bits per heavy atom. The summed E-state index contributed by atoms with van der Waals surface area (Å²) < 4.78 is 0. The fraction of sp³-hybridized carbons (Fsp3) is 0.667. The molecule has 1 heterocycles. The Bertz CT molecular complexity index is 309. The van der Waals surface area contributed by atoms with Crippen LogP contribution in [0.15, 0.2) is 0 Å². The second kappa shape index (κ2) is 6.13. The lowest BCUT2D eigenvalue weighted by molar-refractivity contribution is 0.0943. The molecule has 0 bridgehead atoms. The van der Waals surface area contributed by atoms with E-state index in [1.165, 1.54) is 0 Å². The number of H-pyrrole nitrogens is 1. The highest BCUT2D eigenvalue weighted by Gasteiger charge is 2.10. The lowest BCUT2D eigenvalue weighted by Crippen LogP contribution is -2.26. The second-order valence-corrected chi connectivity index (χ2v) is 3.21. The number of nitrogens with zero attached hydrogens (tertiary/aromatic N) is 2. The summed E-state index contributed by atoms with van der Waals surface area (Å²) in [6, 6.07) is 0. The Morgan fingerprint density at radius 1 is 1.53 bits per heavy atom. The molecular weight excluding hydrogens is 194 g/mol. The quantitative estimate of drug-likeness (QED) is 0.569. The summed E-state index contributed by atoms with van der Waals surface area (Å²) in [7, 11) is 0. The first-order valence-corrected chi connectivity index (χ1v) is 5.17. The summed E-state index contributed by atoms with van der Waals surface area (Å²) in [5.74, 6) is 0.699. The average molecular weight is 211 g/mol. The number of rotatable bonds is 6. The lowest BCUT2D eigenvalue weighted by atomic mass is 10.3. The van der Waals surface area contributed by atoms with Crippen molar-refractivity contribution in [3.8, 4) is 0 Å². The molecule has 0 radical (unpaired) electrons. The van der Waals surface area contributed by atoms with Gasteiger partial charge in [0, 0.05) is 13.0 Å². The number of aryl methyl sites for hydroxylation is 1. The third-order valence-corrected chi connectivity index (χ3v) is 1.99. The SMILES string of the molecule is CCc1nc(C(=O)NCCCCN)n[nH]1. The van der Waals surface area contributed by atoms with Crippen LogP contribution in [0.5, 0.6) is 0 Å². The van der Waals surface area contributed by atoms with Crippen LogP contribution in [0.1, 0.15) is 36.2 Å². The van der Waals surface area contributed by atoms with Gasteiger partial charge in [0.25, 0.3) is 5.91 Å². The fourth-order valence-corrected chi connectivity index (χ4v) is 1.11. The number of nitrogens with one attached hydrogen (secondary N) is 2. The third-order valence-electron chi connectivity index (χ3n) is 1.99. The van der Waals surface area contributed by atoms with Gasteiger partial charge in [0.15, 0.2) is 0 Å². The zero-order valence-corrected chi connectivity index (χ0v) is 8.92. The first-order valence-electron chi connectivity index (χ1n) is 5.17. The van der Waals surface area contributed by atoms with Crippen LogP contribution in [0, 0.1) is 0 Å². The molecule has 4 N–H and O–H groups in total. The van der Waals surface area contributed by atoms with Crippen LogP contribution in [0.2, 0.25) is 0 Å². The number of carbonyl (C=O) groups is 1. The van der Waals surface area contributed by atoms with E-state index in [4.69, 9.17) is 5.73 Å². The summed E-state index contributed by atoms with van der Waals surface area (Å²) in [5.41, 5.74) is 5.34. The Labute approximate surface area is 88.7 Å². The number of hydrogen-bond acceptors (Lipinski definition) is 4. The van der Waals surface area contributed by atoms with Gasteiger partial charge in [0.05, 0.1) is 0 Å². The Kier molecular flexibility index (Phi) is 4.76. The van der Waals surface area contributed by atoms with E-state index in [2.05, 4.69) is 20.5 Å². The second-order valence-electron chi connectivity index (χ2n) is 3.21. The van der Waals surface area contributed by atoms with E-state index in [9.17, 15) is 4.79 Å². The van der Waals surface area contributed by atoms with Gasteiger partial charge in [-0.05, 0) is 19.4 Å². The zero-order valence-electron chi connectivity index (χ0n) is 8.92. The number of aromatic nitrogens is 3. The normalized spacial score (nSPS) is 10.3. The highest BCUT2D eigenvalue weighted by Crippen LogP contribution is 1.93. The molecule has 1 aromatic rings. The van der Waals surface area contributed by atoms with Crippen molar-refractivity contribution in [1.29, 1.82) is 0 Å². The molecule has 6 heteroatoms. The maximum absolute atomic E-state index is 11.4. The van der Waals surface area contributed by atoms with Gasteiger partial charge in [-0.25, -0.2) is 4.98 Å². The van der Waals surface area contributed by atoms with E-state index >= 15 is 0 Å². The van der Waals surface area contributed by atoms with E-state index in [0.29, 0.717) is 13.1 Å². The van der Waals surface area contributed by atoms with Gasteiger partial charge < -0.3 is 11.1 Å². The number of aromatic amines is 1. The van der Waals surface area contributed by atoms with E-state index in [1.807, 2.05) is 6.92 Å². The van der Waals surface area contributed by atoms with Gasteiger partial charge in [-0.15, -0.1) is 5.10 Å². The topological polar surface area (TPSA) is 96.7 Å². The molecule has 0 atom stereocenters. The molecule has 0 aliphatic rings. The van der Waals surface area contributed by atoms with E-state index in [-0.39, 0.29) is 11.7 Å². The Hall–Kier alpha value is -1.43. The maximum atomic E-state index is 11.4. The molecule has 0 aliphatic heterocycles. The molecule has 6 nitrogen and oxygen atoms in total. The van der Waals surface area contributed by atoms with Crippen molar-refractivity contribution in [3.63, 3.8) is 0 Å². The standard InChI is InChI=1S/C9H17N5O/c1-2-7-12-8(14-13-7)9(15)11-6-4-3-5-10/h2-6,10H2,1H3,(H,11,15)(H,12,13,14). The van der Waals surface area contributed by atoms with E-state index in [1.54, 1.807) is 0 Å². The molecule has 1 amide bonds. The third kappa shape index (κ3) is 3.67. The predicted octanol–water partition coefficient (Wildman–Crippen LogP) is -0.164. The van der Waals surface area contributed by atoms with Crippen LogP contribution in [-0.4, -0.2) is 34.2 Å². The summed E-state index contributed by atoms with van der Waals surface area (Å²) in [4.78, 5) is 15.5. The van der Waals surface area contributed by atoms with Crippen molar-refractivity contribution < 1.29 is 4.79 Å². The van der Waals surface area contributed by atoms with Gasteiger partial charge in [0.2, 0.25) is 5.82 Å². The smallest absolute Gasteiger partial charge is 0.290 e. The monoisotopic (exact) mass is 211 g/mol. The van der Waals surface area contributed by atoms with Crippen molar-refractivity contribution in [3.05, 3.63) is 11.6 Å². The van der Waals surface area contributed by atoms with Crippen molar-refractivity contribution >= 4 is 5.91 Å². The largest absolute Gasteiger partial charge is 0.349 e. The van der Waals surface area contributed by atoms with Gasteiger partial charge in [0.1, 0.15) is 5.82 Å². The molecular formula is C9H17N5O. The Balaban J connectivity index is 2.33. The van der Waals surface area contributed by atoms with Crippen LogP contribution in [0.3, 0.4) is 0 Å². The molecule has 1 rings (SSSR count). The molecule has 0 aromatic carbocycles. The lowest BCUT2D eigenvalue weighted by Gasteiger charge is -2.00. The number of hydrogen-bond donors (Lipinski definition) is 3. The van der Waals surface area contributed by atoms with E-state index in [0.717, 1.165) is 25.1 Å². The summed E-state index contributed by atoms with van der Waals surface area (Å²) in [5, 5.41) is 9.24. The predicted molar refractivity (Wildman–Crippen MR) is 56.4 cm³/mol. The minimum atomic E-state index is -0.233. The molecule has 0 saturated heterocycles. The van der Waals surface area contributed by atoms with Crippen molar-refractivity contribution in [2.45, 2.75) is 26.2 Å². The average Bonchev–Trinajstić information content (AvgIpc) is 2.72. The van der Waals surface area contributed by atoms with Crippen LogP contribution in [0.4, 0.5) is 0 Å². The minimum Gasteiger partial charge on any atom is -0.349 e. The highest BCUT2D eigenvalue weighted by molar-refractivity contribution is 5.90. The fourth-order valence-electron chi connectivity index (χ4n) is 1.11. The molecule has 1 aromatic heterocycles. The first kappa shape index (κ1) is 11.6. The molecule has 0 spiro atoms. The number of amides is 1. The zero-order chi connectivity index (χ0) is 11.1. The molecule has 0 saturated carbocycles. The minimum absolute atomic E-state index is 0.208. The van der Waals surface area contributed by atoms with Crippen molar-refractivity contribution in [2.24, 2.45) is 5.73 Å². The van der Waals surface area contributed by atoms with Gasteiger partial charge in [-0.2, -0.15) is 0 Å². The first-order chi connectivity index (χ1) is 7.27. The summed E-state index contributed by atoms with van der Waals surface area (Å²) in [6.45, 7) is 3.21. The number of nitrogens with two attached hydrogens (primary N) is 1. The molecule has 15 heavy (non-hydrogen) atoms. The van der Waals surface area contributed by atoms with Crippen molar-refractivity contribution in [2.75, 3.05) is 13.1 Å². The van der Waals surface area contributed by atoms with Crippen molar-refractivity contribution in [1.82, 2.24) is 20.5 Å². The Morgan fingerprint density at radius 3 is 2.93 bits per heavy atom. The molecule has 0 unspecified atom stereocenters. The molecule has 0 fully saturated rings. The summed E-state index contributed by atoms with van der Waals surface area (Å²) in [6.07, 6.45) is 2.54. The van der Waals surface area contributed by atoms with Crippen LogP contribution >= 0.6 is 0 Å².